The molecule has 3 aromatic rings. The quantitative estimate of drug-likeness (QED) is 0.628. The number of hydrogen-bond donors (Lipinski definition) is 0. The number of ether oxygens (including phenoxy) is 1. The molecule has 1 saturated heterocycles. The Kier molecular flexibility index (Phi) is 5.08. The van der Waals surface area contributed by atoms with E-state index < -0.39 is 0 Å². The molecule has 0 spiro atoms. The lowest BCUT2D eigenvalue weighted by atomic mass is 9.98. The Bertz CT molecular complexity index is 1150. The number of esters is 1. The van der Waals surface area contributed by atoms with Crippen molar-refractivity contribution < 1.29 is 14.3 Å². The number of nitrogens with zero attached hydrogens (tertiary/aromatic N) is 4. The zero-order valence-corrected chi connectivity index (χ0v) is 16.6. The second-order valence-corrected chi connectivity index (χ2v) is 7.38. The van der Waals surface area contributed by atoms with Gasteiger partial charge in [0.2, 0.25) is 5.91 Å². The van der Waals surface area contributed by atoms with Crippen LogP contribution < -0.4 is 5.56 Å². The largest absolute Gasteiger partial charge is 0.466 e. The van der Waals surface area contributed by atoms with Crippen LogP contribution in [0.5, 0.6) is 0 Å². The molecule has 1 atom stereocenters. The summed E-state index contributed by atoms with van der Waals surface area (Å²) in [5, 5.41) is 0.823. The van der Waals surface area contributed by atoms with Gasteiger partial charge in [0.15, 0.2) is 5.65 Å². The predicted octanol–water partition coefficient (Wildman–Crippen LogP) is 1.76. The number of amides is 1. The highest BCUT2D eigenvalue weighted by molar-refractivity contribution is 5.93. The highest BCUT2D eigenvalue weighted by Crippen LogP contribution is 2.23. The molecule has 8 nitrogen and oxygen atoms in total. The van der Waals surface area contributed by atoms with Crippen molar-refractivity contribution in [2.24, 2.45) is 5.92 Å². The van der Waals surface area contributed by atoms with E-state index in [-0.39, 0.29) is 29.9 Å². The average molecular weight is 396 g/mol. The Labute approximate surface area is 167 Å². The Morgan fingerprint density at radius 2 is 2.07 bits per heavy atom. The molecule has 152 valence electrons. The fourth-order valence-electron chi connectivity index (χ4n) is 4.11. The van der Waals surface area contributed by atoms with Gasteiger partial charge in [-0.15, -0.1) is 0 Å². The van der Waals surface area contributed by atoms with Crippen LogP contribution in [0.4, 0.5) is 0 Å². The molecule has 0 saturated carbocycles. The maximum Gasteiger partial charge on any atom is 0.310 e. The summed E-state index contributed by atoms with van der Waals surface area (Å²) in [6.07, 6.45) is 1.51. The fraction of sp³-hybridized carbons (Fsp3) is 0.429. The van der Waals surface area contributed by atoms with Gasteiger partial charge in [-0.3, -0.25) is 19.1 Å². The summed E-state index contributed by atoms with van der Waals surface area (Å²) < 4.78 is 8.80. The molecule has 0 bridgehead atoms. The van der Waals surface area contributed by atoms with Gasteiger partial charge in [0.1, 0.15) is 6.54 Å². The van der Waals surface area contributed by atoms with Crippen molar-refractivity contribution in [1.82, 2.24) is 19.1 Å². The first kappa shape index (κ1) is 19.2. The molecular formula is C21H24N4O4. The SMILES string of the molecule is CCOC(=O)C1CCCN(C(=O)Cn2c3ccccc3c3nc(=O)cc(C)n32)C1. The lowest BCUT2D eigenvalue weighted by Crippen LogP contribution is -2.44. The predicted molar refractivity (Wildman–Crippen MR) is 108 cm³/mol. The number of para-hydroxylation sites is 1. The van der Waals surface area contributed by atoms with Crippen LogP contribution in [-0.4, -0.2) is 50.7 Å². The molecule has 4 rings (SSSR count). The Hall–Kier alpha value is -3.16. The number of likely N-dealkylation sites (tertiary alicyclic amines) is 1. The molecule has 1 aliphatic rings. The molecule has 0 radical (unpaired) electrons. The summed E-state index contributed by atoms with van der Waals surface area (Å²) in [6.45, 7) is 5.06. The third-order valence-electron chi connectivity index (χ3n) is 5.43. The Morgan fingerprint density at radius 1 is 1.28 bits per heavy atom. The van der Waals surface area contributed by atoms with Crippen molar-refractivity contribution in [3.63, 3.8) is 0 Å². The summed E-state index contributed by atoms with van der Waals surface area (Å²) in [5.74, 6) is -0.580. The van der Waals surface area contributed by atoms with Crippen LogP contribution in [0.1, 0.15) is 25.5 Å². The Morgan fingerprint density at radius 3 is 2.86 bits per heavy atom. The van der Waals surface area contributed by atoms with Crippen molar-refractivity contribution in [2.75, 3.05) is 19.7 Å². The van der Waals surface area contributed by atoms with E-state index in [1.165, 1.54) is 6.07 Å². The first-order valence-electron chi connectivity index (χ1n) is 9.92. The number of carbonyl (C=O) groups is 2. The van der Waals surface area contributed by atoms with E-state index in [2.05, 4.69) is 4.98 Å². The maximum atomic E-state index is 13.1. The highest BCUT2D eigenvalue weighted by Gasteiger charge is 2.30. The topological polar surface area (TPSA) is 85.9 Å². The molecule has 1 unspecified atom stereocenters. The van der Waals surface area contributed by atoms with Gasteiger partial charge in [-0.2, -0.15) is 4.98 Å². The number of fused-ring (bicyclic) bond motifs is 3. The highest BCUT2D eigenvalue weighted by atomic mass is 16.5. The number of hydrogen-bond acceptors (Lipinski definition) is 5. The normalized spacial score (nSPS) is 17.0. The van der Waals surface area contributed by atoms with Crippen LogP contribution in [0.2, 0.25) is 0 Å². The maximum absolute atomic E-state index is 13.1. The third-order valence-corrected chi connectivity index (χ3v) is 5.43. The van der Waals surface area contributed by atoms with Crippen LogP contribution in [-0.2, 0) is 20.9 Å². The van der Waals surface area contributed by atoms with E-state index in [0.717, 1.165) is 23.7 Å². The lowest BCUT2D eigenvalue weighted by molar-refractivity contribution is -0.151. The number of rotatable bonds is 4. The van der Waals surface area contributed by atoms with E-state index in [9.17, 15) is 14.4 Å². The smallest absolute Gasteiger partial charge is 0.310 e. The van der Waals surface area contributed by atoms with E-state index in [4.69, 9.17) is 4.74 Å². The number of aromatic nitrogens is 3. The van der Waals surface area contributed by atoms with E-state index in [0.29, 0.717) is 31.0 Å². The molecule has 0 aliphatic carbocycles. The Balaban J connectivity index is 1.68. The van der Waals surface area contributed by atoms with Crippen LogP contribution in [0.15, 0.2) is 35.1 Å². The minimum Gasteiger partial charge on any atom is -0.466 e. The fourth-order valence-corrected chi connectivity index (χ4v) is 4.11. The van der Waals surface area contributed by atoms with E-state index >= 15 is 0 Å². The monoisotopic (exact) mass is 396 g/mol. The lowest BCUT2D eigenvalue weighted by Gasteiger charge is -2.31. The molecule has 8 heteroatoms. The molecule has 1 aromatic carbocycles. The average Bonchev–Trinajstić information content (AvgIpc) is 3.02. The molecule has 3 heterocycles. The van der Waals surface area contributed by atoms with Crippen LogP contribution in [0.25, 0.3) is 16.6 Å². The van der Waals surface area contributed by atoms with Gasteiger partial charge >= 0.3 is 5.97 Å². The summed E-state index contributed by atoms with van der Waals surface area (Å²) in [5.41, 5.74) is 1.79. The number of piperidine rings is 1. The summed E-state index contributed by atoms with van der Waals surface area (Å²) >= 11 is 0. The van der Waals surface area contributed by atoms with E-state index in [1.807, 2.05) is 40.4 Å². The van der Waals surface area contributed by atoms with Gasteiger partial charge in [-0.05, 0) is 38.8 Å². The standard InChI is InChI=1S/C21H24N4O4/c1-3-29-21(28)15-7-6-10-23(12-15)19(27)13-24-17-9-5-4-8-16(17)20-22-18(26)11-14(2)25(20)24/h4-5,8-9,11,15H,3,6-7,10,12-13H2,1-2H3. The van der Waals surface area contributed by atoms with Crippen molar-refractivity contribution in [3.05, 3.63) is 46.4 Å². The summed E-state index contributed by atoms with van der Waals surface area (Å²) in [4.78, 5) is 43.0. The molecular weight excluding hydrogens is 372 g/mol. The van der Waals surface area contributed by atoms with Crippen molar-refractivity contribution >= 4 is 28.4 Å². The summed E-state index contributed by atoms with van der Waals surface area (Å²) in [6, 6.07) is 9.06. The molecule has 0 N–H and O–H groups in total. The van der Waals surface area contributed by atoms with Crippen LogP contribution in [0, 0.1) is 12.8 Å². The first-order valence-corrected chi connectivity index (χ1v) is 9.92. The minimum absolute atomic E-state index is 0.0697. The van der Waals surface area contributed by atoms with Gasteiger partial charge in [0, 0.05) is 30.2 Å². The molecule has 1 aliphatic heterocycles. The van der Waals surface area contributed by atoms with Crippen molar-refractivity contribution in [1.29, 1.82) is 0 Å². The molecule has 2 aromatic heterocycles. The van der Waals surface area contributed by atoms with Crippen molar-refractivity contribution in [3.8, 4) is 0 Å². The number of carbonyl (C=O) groups excluding carboxylic acids is 2. The number of aryl methyl sites for hydroxylation is 1. The van der Waals surface area contributed by atoms with Gasteiger partial charge in [0.05, 0.1) is 18.0 Å². The third kappa shape index (κ3) is 3.50. The zero-order chi connectivity index (χ0) is 20.5. The summed E-state index contributed by atoms with van der Waals surface area (Å²) in [7, 11) is 0. The van der Waals surface area contributed by atoms with Crippen molar-refractivity contribution in [2.45, 2.75) is 33.2 Å². The second kappa shape index (κ2) is 7.69. The minimum atomic E-state index is -0.301. The molecule has 1 fully saturated rings. The van der Waals surface area contributed by atoms with E-state index in [1.54, 1.807) is 11.8 Å². The van der Waals surface area contributed by atoms with Crippen LogP contribution >= 0.6 is 0 Å². The first-order chi connectivity index (χ1) is 14.0. The van der Waals surface area contributed by atoms with Gasteiger partial charge in [-0.25, -0.2) is 4.52 Å². The zero-order valence-electron chi connectivity index (χ0n) is 16.6. The molecule has 29 heavy (non-hydrogen) atoms. The van der Waals surface area contributed by atoms with Gasteiger partial charge in [0.25, 0.3) is 5.56 Å². The van der Waals surface area contributed by atoms with Gasteiger partial charge in [-0.1, -0.05) is 12.1 Å². The molecule has 1 amide bonds. The van der Waals surface area contributed by atoms with Crippen LogP contribution in [0.3, 0.4) is 0 Å². The number of benzene rings is 1. The second-order valence-electron chi connectivity index (χ2n) is 7.38. The van der Waals surface area contributed by atoms with Gasteiger partial charge < -0.3 is 9.64 Å².